The van der Waals surface area contributed by atoms with Gasteiger partial charge in [-0.3, -0.25) is 9.59 Å². The van der Waals surface area contributed by atoms with Crippen molar-refractivity contribution in [2.75, 3.05) is 7.11 Å². The van der Waals surface area contributed by atoms with E-state index in [1.165, 1.54) is 6.07 Å². The van der Waals surface area contributed by atoms with Gasteiger partial charge in [0, 0.05) is 42.6 Å². The molecular weight excluding hydrogens is 380 g/mol. The van der Waals surface area contributed by atoms with E-state index in [4.69, 9.17) is 4.74 Å². The second-order valence-corrected chi connectivity index (χ2v) is 8.10. The summed E-state index contributed by atoms with van der Waals surface area (Å²) in [4.78, 5) is 35.7. The Hall–Kier alpha value is -2.93. The van der Waals surface area contributed by atoms with E-state index in [-0.39, 0.29) is 29.5 Å². The first-order valence-corrected chi connectivity index (χ1v) is 10.5. The van der Waals surface area contributed by atoms with E-state index in [1.54, 1.807) is 14.0 Å². The Morgan fingerprint density at radius 2 is 2.17 bits per heavy atom. The lowest BCUT2D eigenvalue weighted by Crippen LogP contribution is -2.39. The number of hydrogen-bond acceptors (Lipinski definition) is 4. The van der Waals surface area contributed by atoms with Gasteiger partial charge in [-0.25, -0.2) is 4.98 Å². The first kappa shape index (κ1) is 20.3. The predicted molar refractivity (Wildman–Crippen MR) is 115 cm³/mol. The molecule has 3 aromatic rings. The van der Waals surface area contributed by atoms with Crippen LogP contribution in [0.15, 0.2) is 41.3 Å². The molecule has 1 aliphatic rings. The van der Waals surface area contributed by atoms with Crippen LogP contribution in [0.5, 0.6) is 0 Å². The summed E-state index contributed by atoms with van der Waals surface area (Å²) < 4.78 is 5.48. The monoisotopic (exact) mass is 408 g/mol. The van der Waals surface area contributed by atoms with E-state index in [9.17, 15) is 9.59 Å². The topological polar surface area (TPSA) is 99.9 Å². The number of H-pyrrole nitrogens is 2. The second-order valence-electron chi connectivity index (χ2n) is 8.10. The van der Waals surface area contributed by atoms with Crippen LogP contribution in [0.1, 0.15) is 48.8 Å². The first-order valence-electron chi connectivity index (χ1n) is 10.5. The molecule has 3 atom stereocenters. The van der Waals surface area contributed by atoms with Gasteiger partial charge in [-0.1, -0.05) is 24.6 Å². The van der Waals surface area contributed by atoms with E-state index >= 15 is 0 Å². The highest BCUT2D eigenvalue weighted by Crippen LogP contribution is 2.28. The summed E-state index contributed by atoms with van der Waals surface area (Å²) in [5.74, 6) is 0.450. The van der Waals surface area contributed by atoms with Gasteiger partial charge in [0.25, 0.3) is 5.56 Å². The average Bonchev–Trinajstić information content (AvgIpc) is 3.15. The maximum Gasteiger partial charge on any atom is 0.251 e. The van der Waals surface area contributed by atoms with Gasteiger partial charge in [-0.05, 0) is 37.8 Å². The highest BCUT2D eigenvalue weighted by atomic mass is 16.5. The van der Waals surface area contributed by atoms with Crippen molar-refractivity contribution in [3.8, 4) is 0 Å². The third-order valence-corrected chi connectivity index (χ3v) is 5.98. The molecule has 1 amide bonds. The standard InChI is InChI=1S/C23H28N4O3/c1-14-25-21(12-22(28)26-14)20(11-16-13-24-19-9-4-3-8-18(16)19)27-23(29)15-6-5-7-17(10-15)30-2/h3-4,8-9,12-13,15,17,20,24H,5-7,10-11H2,1-2H3,(H,27,29)(H,25,26,28)/t15-,17+,20+/m0/s1. The van der Waals surface area contributed by atoms with Gasteiger partial charge in [0.15, 0.2) is 0 Å². The smallest absolute Gasteiger partial charge is 0.251 e. The summed E-state index contributed by atoms with van der Waals surface area (Å²) in [7, 11) is 1.70. The largest absolute Gasteiger partial charge is 0.381 e. The van der Waals surface area contributed by atoms with Crippen LogP contribution in [-0.4, -0.2) is 34.1 Å². The van der Waals surface area contributed by atoms with Crippen LogP contribution in [0.2, 0.25) is 0 Å². The molecule has 1 aromatic carbocycles. The number of rotatable bonds is 6. The number of carbonyl (C=O) groups excluding carboxylic acids is 1. The summed E-state index contributed by atoms with van der Waals surface area (Å²) in [5.41, 5.74) is 2.48. The molecule has 0 bridgehead atoms. The highest BCUT2D eigenvalue weighted by Gasteiger charge is 2.29. The summed E-state index contributed by atoms with van der Waals surface area (Å²) in [6.45, 7) is 1.75. The number of carbonyl (C=O) groups is 1. The molecule has 2 aromatic heterocycles. The Morgan fingerprint density at radius 3 is 2.97 bits per heavy atom. The average molecular weight is 409 g/mol. The van der Waals surface area contributed by atoms with Gasteiger partial charge < -0.3 is 20.0 Å². The maximum absolute atomic E-state index is 13.1. The molecule has 1 fully saturated rings. The number of aryl methyl sites for hydroxylation is 1. The van der Waals surface area contributed by atoms with E-state index in [0.29, 0.717) is 17.9 Å². The Kier molecular flexibility index (Phi) is 5.99. The summed E-state index contributed by atoms with van der Waals surface area (Å²) in [6.07, 6.45) is 6.19. The molecule has 0 radical (unpaired) electrons. The number of hydrogen-bond donors (Lipinski definition) is 3. The van der Waals surface area contributed by atoms with Gasteiger partial charge in [-0.2, -0.15) is 0 Å². The van der Waals surface area contributed by atoms with Crippen molar-refractivity contribution in [3.05, 3.63) is 64.0 Å². The molecule has 30 heavy (non-hydrogen) atoms. The van der Waals surface area contributed by atoms with Crippen molar-refractivity contribution in [3.63, 3.8) is 0 Å². The van der Waals surface area contributed by atoms with Crippen LogP contribution in [0.4, 0.5) is 0 Å². The first-order chi connectivity index (χ1) is 14.5. The van der Waals surface area contributed by atoms with Gasteiger partial charge in [0.1, 0.15) is 5.82 Å². The molecule has 158 valence electrons. The lowest BCUT2D eigenvalue weighted by molar-refractivity contribution is -0.128. The Morgan fingerprint density at radius 1 is 1.33 bits per heavy atom. The molecule has 3 N–H and O–H groups in total. The van der Waals surface area contributed by atoms with Crippen molar-refractivity contribution in [2.45, 2.75) is 51.2 Å². The Labute approximate surface area is 175 Å². The van der Waals surface area contributed by atoms with Crippen molar-refractivity contribution in [2.24, 2.45) is 5.92 Å². The normalized spacial score (nSPS) is 20.2. The molecule has 7 nitrogen and oxygen atoms in total. The number of benzene rings is 1. The van der Waals surface area contributed by atoms with Crippen molar-refractivity contribution in [1.82, 2.24) is 20.3 Å². The molecule has 0 unspecified atom stereocenters. The van der Waals surface area contributed by atoms with E-state index in [0.717, 1.165) is 42.1 Å². The lowest BCUT2D eigenvalue weighted by Gasteiger charge is -2.29. The van der Waals surface area contributed by atoms with E-state index < -0.39 is 0 Å². The number of amides is 1. The molecule has 0 saturated heterocycles. The third-order valence-electron chi connectivity index (χ3n) is 5.98. The third kappa shape index (κ3) is 4.46. The van der Waals surface area contributed by atoms with E-state index in [1.807, 2.05) is 24.4 Å². The molecule has 0 aliphatic heterocycles. The Bertz CT molecular complexity index is 1090. The van der Waals surface area contributed by atoms with Crippen LogP contribution in [-0.2, 0) is 16.0 Å². The number of aromatic amines is 2. The number of fused-ring (bicyclic) bond motifs is 1. The minimum Gasteiger partial charge on any atom is -0.381 e. The van der Waals surface area contributed by atoms with Gasteiger partial charge in [0.05, 0.1) is 17.8 Å². The number of methoxy groups -OCH3 is 1. The predicted octanol–water partition coefficient (Wildman–Crippen LogP) is 3.16. The number of aromatic nitrogens is 3. The van der Waals surface area contributed by atoms with Crippen LogP contribution in [0.25, 0.3) is 10.9 Å². The summed E-state index contributed by atoms with van der Waals surface area (Å²) >= 11 is 0. The fraction of sp³-hybridized carbons (Fsp3) is 0.435. The molecule has 4 rings (SSSR count). The van der Waals surface area contributed by atoms with Crippen LogP contribution < -0.4 is 10.9 Å². The fourth-order valence-corrected chi connectivity index (χ4v) is 4.42. The molecule has 2 heterocycles. The lowest BCUT2D eigenvalue weighted by atomic mass is 9.86. The summed E-state index contributed by atoms with van der Waals surface area (Å²) in [5, 5.41) is 4.29. The Balaban J connectivity index is 1.61. The minimum atomic E-state index is -0.388. The quantitative estimate of drug-likeness (QED) is 0.583. The second kappa shape index (κ2) is 8.83. The van der Waals surface area contributed by atoms with Crippen LogP contribution >= 0.6 is 0 Å². The van der Waals surface area contributed by atoms with Crippen LogP contribution in [0.3, 0.4) is 0 Å². The zero-order chi connectivity index (χ0) is 21.1. The molecule has 1 saturated carbocycles. The highest BCUT2D eigenvalue weighted by molar-refractivity contribution is 5.83. The SMILES string of the molecule is CO[C@@H]1CCC[C@H](C(=O)N[C@H](Cc2c[nH]c3ccccc23)c2cc(=O)[nH]c(C)n2)C1. The van der Waals surface area contributed by atoms with Crippen molar-refractivity contribution < 1.29 is 9.53 Å². The molecule has 7 heteroatoms. The van der Waals surface area contributed by atoms with Gasteiger partial charge in [0.2, 0.25) is 5.91 Å². The minimum absolute atomic E-state index is 0.00123. The number of ether oxygens (including phenoxy) is 1. The summed E-state index contributed by atoms with van der Waals surface area (Å²) in [6, 6.07) is 9.15. The van der Waals surface area contributed by atoms with E-state index in [2.05, 4.69) is 26.3 Å². The van der Waals surface area contributed by atoms with Gasteiger partial charge in [-0.15, -0.1) is 0 Å². The number of nitrogens with zero attached hydrogens (tertiary/aromatic N) is 1. The maximum atomic E-state index is 13.1. The fourth-order valence-electron chi connectivity index (χ4n) is 4.42. The number of para-hydroxylation sites is 1. The van der Waals surface area contributed by atoms with Gasteiger partial charge >= 0.3 is 0 Å². The van der Waals surface area contributed by atoms with Crippen LogP contribution in [0, 0.1) is 12.8 Å². The molecule has 0 spiro atoms. The zero-order valence-electron chi connectivity index (χ0n) is 17.4. The zero-order valence-corrected chi connectivity index (χ0v) is 17.4. The van der Waals surface area contributed by atoms with Crippen molar-refractivity contribution in [1.29, 1.82) is 0 Å². The van der Waals surface area contributed by atoms with Crippen molar-refractivity contribution >= 4 is 16.8 Å². The molecule has 1 aliphatic carbocycles. The molecular formula is C23H28N4O3. The number of nitrogens with one attached hydrogen (secondary N) is 3.